The number of halogens is 1. The molecular formula is C9H7ClN4OS. The molecule has 2 rings (SSSR count). The lowest BCUT2D eigenvalue weighted by Crippen LogP contribution is -2.01. The summed E-state index contributed by atoms with van der Waals surface area (Å²) in [6, 6.07) is 5.06. The van der Waals surface area contributed by atoms with E-state index < -0.39 is 0 Å². The fraction of sp³-hybridized carbons (Fsp3) is 0. The van der Waals surface area contributed by atoms with Crippen molar-refractivity contribution in [3.63, 3.8) is 0 Å². The highest BCUT2D eigenvalue weighted by atomic mass is 35.5. The van der Waals surface area contributed by atoms with Crippen LogP contribution in [0.1, 0.15) is 0 Å². The Morgan fingerprint density at radius 3 is 2.94 bits per heavy atom. The van der Waals surface area contributed by atoms with Crippen molar-refractivity contribution in [1.29, 1.82) is 0 Å². The number of aromatic amines is 1. The van der Waals surface area contributed by atoms with Crippen molar-refractivity contribution in [3.8, 4) is 5.75 Å². The van der Waals surface area contributed by atoms with Gasteiger partial charge in [0, 0.05) is 10.4 Å². The summed E-state index contributed by atoms with van der Waals surface area (Å²) in [5.74, 6) is 0.169. The smallest absolute Gasteiger partial charge is 0.211 e. The minimum atomic E-state index is -0.101. The number of H-pyrrole nitrogens is 1. The lowest BCUT2D eigenvalue weighted by molar-refractivity contribution is 0.482. The molecule has 1 aromatic heterocycles. The Bertz CT molecular complexity index is 592. The van der Waals surface area contributed by atoms with E-state index in [2.05, 4.69) is 27.4 Å². The van der Waals surface area contributed by atoms with Gasteiger partial charge in [-0.15, -0.1) is 10.2 Å². The Morgan fingerprint density at radius 1 is 1.50 bits per heavy atom. The maximum Gasteiger partial charge on any atom is 0.211 e. The molecule has 0 bridgehead atoms. The van der Waals surface area contributed by atoms with Gasteiger partial charge >= 0.3 is 0 Å². The maximum absolute atomic E-state index is 9.80. The van der Waals surface area contributed by atoms with Crippen LogP contribution in [0.2, 0.25) is 5.02 Å². The molecule has 0 aliphatic rings. The first kappa shape index (κ1) is 10.8. The number of nitrogens with zero attached hydrogens (tertiary/aromatic N) is 2. The quantitative estimate of drug-likeness (QED) is 0.540. The zero-order valence-corrected chi connectivity index (χ0v) is 9.51. The van der Waals surface area contributed by atoms with Crippen molar-refractivity contribution in [1.82, 2.24) is 4.98 Å². The van der Waals surface area contributed by atoms with E-state index in [1.165, 1.54) is 0 Å². The molecule has 0 unspecified atom stereocenters. The first-order chi connectivity index (χ1) is 7.58. The molecule has 0 saturated carbocycles. The van der Waals surface area contributed by atoms with E-state index in [0.29, 0.717) is 15.9 Å². The zero-order valence-electron chi connectivity index (χ0n) is 7.94. The van der Waals surface area contributed by atoms with Gasteiger partial charge in [-0.05, 0) is 30.4 Å². The molecule has 0 aliphatic heterocycles. The summed E-state index contributed by atoms with van der Waals surface area (Å²) in [7, 11) is 0. The minimum absolute atomic E-state index is 0.0301. The Hall–Kier alpha value is -1.66. The van der Waals surface area contributed by atoms with Crippen LogP contribution in [0.25, 0.3) is 10.9 Å². The lowest BCUT2D eigenvalue weighted by atomic mass is 10.2. The molecule has 0 radical (unpaired) electrons. The fourth-order valence-electron chi connectivity index (χ4n) is 1.31. The Balaban J connectivity index is 2.56. The van der Waals surface area contributed by atoms with Gasteiger partial charge < -0.3 is 15.8 Å². The van der Waals surface area contributed by atoms with Crippen molar-refractivity contribution in [2.75, 3.05) is 0 Å². The topological polar surface area (TPSA) is 86.8 Å². The van der Waals surface area contributed by atoms with Crippen molar-refractivity contribution >= 4 is 45.7 Å². The molecule has 5 nitrogen and oxygen atoms in total. The van der Waals surface area contributed by atoms with Crippen LogP contribution in [0.3, 0.4) is 0 Å². The van der Waals surface area contributed by atoms with Crippen LogP contribution in [-0.2, 0) is 0 Å². The summed E-state index contributed by atoms with van der Waals surface area (Å²) < 4.78 is 0. The van der Waals surface area contributed by atoms with E-state index in [9.17, 15) is 5.11 Å². The number of rotatable bonds is 1. The van der Waals surface area contributed by atoms with Gasteiger partial charge in [-0.1, -0.05) is 11.6 Å². The number of fused-ring (bicyclic) bond motifs is 1. The van der Waals surface area contributed by atoms with Gasteiger partial charge in [-0.3, -0.25) is 0 Å². The second-order valence-corrected chi connectivity index (χ2v) is 3.91. The van der Waals surface area contributed by atoms with E-state index in [1.54, 1.807) is 18.2 Å². The van der Waals surface area contributed by atoms with Crippen LogP contribution in [0.5, 0.6) is 5.75 Å². The molecule has 0 spiro atoms. The fourth-order valence-corrected chi connectivity index (χ4v) is 1.52. The second-order valence-electron chi connectivity index (χ2n) is 3.05. The summed E-state index contributed by atoms with van der Waals surface area (Å²) in [6.07, 6.45) is 0. The van der Waals surface area contributed by atoms with Crippen LogP contribution in [0.15, 0.2) is 28.4 Å². The second kappa shape index (κ2) is 4.07. The Kier molecular flexibility index (Phi) is 2.76. The van der Waals surface area contributed by atoms with Crippen molar-refractivity contribution in [2.24, 2.45) is 16.0 Å². The number of benzene rings is 1. The Morgan fingerprint density at radius 2 is 2.25 bits per heavy atom. The highest BCUT2D eigenvalue weighted by Gasteiger charge is 2.10. The summed E-state index contributed by atoms with van der Waals surface area (Å²) in [4.78, 5) is 2.86. The zero-order chi connectivity index (χ0) is 11.7. The minimum Gasteiger partial charge on any atom is -0.504 e. The monoisotopic (exact) mass is 254 g/mol. The molecule has 0 aliphatic carbocycles. The molecule has 2 aromatic rings. The van der Waals surface area contributed by atoms with Gasteiger partial charge in [0.05, 0.1) is 5.52 Å². The van der Waals surface area contributed by atoms with E-state index >= 15 is 0 Å². The van der Waals surface area contributed by atoms with Gasteiger partial charge in [-0.2, -0.15) is 0 Å². The number of hydrogen-bond donors (Lipinski definition) is 3. The van der Waals surface area contributed by atoms with Crippen LogP contribution in [-0.4, -0.2) is 15.2 Å². The molecular weight excluding hydrogens is 248 g/mol. The summed E-state index contributed by atoms with van der Waals surface area (Å²) >= 11 is 10.3. The third-order valence-electron chi connectivity index (χ3n) is 1.96. The molecule has 16 heavy (non-hydrogen) atoms. The molecule has 0 atom stereocenters. The molecule has 82 valence electrons. The SMILES string of the molecule is NC(=S)N=Nc1[nH]c2ccc(Cl)cc2c1O. The summed E-state index contributed by atoms with van der Waals surface area (Å²) in [5.41, 5.74) is 5.87. The van der Waals surface area contributed by atoms with E-state index in [0.717, 1.165) is 0 Å². The first-order valence-electron chi connectivity index (χ1n) is 4.29. The standard InChI is InChI=1S/C9H7ClN4OS/c10-4-1-2-6-5(3-4)7(15)8(12-6)13-14-9(11)16/h1-3,12,15H,(H2,11,16). The number of nitrogens with one attached hydrogen (secondary N) is 1. The third kappa shape index (κ3) is 1.98. The highest BCUT2D eigenvalue weighted by Crippen LogP contribution is 2.36. The number of azo groups is 1. The van der Waals surface area contributed by atoms with Crippen LogP contribution in [0, 0.1) is 0 Å². The summed E-state index contributed by atoms with van der Waals surface area (Å²) in [6.45, 7) is 0. The third-order valence-corrected chi connectivity index (χ3v) is 2.28. The van der Waals surface area contributed by atoms with Crippen LogP contribution in [0.4, 0.5) is 5.82 Å². The molecule has 0 amide bonds. The Labute approximate surface area is 101 Å². The predicted octanol–water partition coefficient (Wildman–Crippen LogP) is 2.85. The van der Waals surface area contributed by atoms with Crippen LogP contribution < -0.4 is 5.73 Å². The molecule has 4 N–H and O–H groups in total. The van der Waals surface area contributed by atoms with Gasteiger partial charge in [0.15, 0.2) is 11.6 Å². The number of nitrogens with two attached hydrogens (primary N) is 1. The van der Waals surface area contributed by atoms with Gasteiger partial charge in [-0.25, -0.2) is 0 Å². The number of aromatic nitrogens is 1. The van der Waals surface area contributed by atoms with Crippen molar-refractivity contribution in [2.45, 2.75) is 0 Å². The van der Waals surface area contributed by atoms with Crippen molar-refractivity contribution in [3.05, 3.63) is 23.2 Å². The van der Waals surface area contributed by atoms with E-state index in [4.69, 9.17) is 17.3 Å². The average molecular weight is 255 g/mol. The molecule has 7 heteroatoms. The molecule has 0 saturated heterocycles. The van der Waals surface area contributed by atoms with Crippen LogP contribution >= 0.6 is 23.8 Å². The number of hydrogen-bond acceptors (Lipinski definition) is 3. The average Bonchev–Trinajstić information content (AvgIpc) is 2.53. The van der Waals surface area contributed by atoms with Gasteiger partial charge in [0.2, 0.25) is 5.11 Å². The first-order valence-corrected chi connectivity index (χ1v) is 5.08. The normalized spacial score (nSPS) is 11.3. The van der Waals surface area contributed by atoms with Crippen molar-refractivity contribution < 1.29 is 5.11 Å². The number of thiocarbonyl (C=S) groups is 1. The lowest BCUT2D eigenvalue weighted by Gasteiger charge is -1.90. The van der Waals surface area contributed by atoms with Gasteiger partial charge in [0.1, 0.15) is 0 Å². The predicted molar refractivity (Wildman–Crippen MR) is 66.3 cm³/mol. The molecule has 0 fully saturated rings. The van der Waals surface area contributed by atoms with E-state index in [1.807, 2.05) is 0 Å². The highest BCUT2D eigenvalue weighted by molar-refractivity contribution is 7.80. The number of aromatic hydroxyl groups is 1. The molecule has 1 heterocycles. The molecule has 1 aromatic carbocycles. The summed E-state index contributed by atoms with van der Waals surface area (Å²) in [5, 5.41) is 18.0. The van der Waals surface area contributed by atoms with Gasteiger partial charge in [0.25, 0.3) is 0 Å². The largest absolute Gasteiger partial charge is 0.504 e. The van der Waals surface area contributed by atoms with E-state index in [-0.39, 0.29) is 16.7 Å². The maximum atomic E-state index is 9.80.